The molecular formula is C68H121N13O12. The first-order chi connectivity index (χ1) is 44.4. The van der Waals surface area contributed by atoms with Crippen molar-refractivity contribution in [2.75, 3.05) is 13.1 Å². The number of rotatable bonds is 49. The number of carbonyl (C=O) groups is 9. The van der Waals surface area contributed by atoms with Gasteiger partial charge in [-0.1, -0.05) is 159 Å². The first-order valence-corrected chi connectivity index (χ1v) is 35.2. The van der Waals surface area contributed by atoms with Crippen LogP contribution in [0.3, 0.4) is 0 Å². The second-order valence-electron chi connectivity index (χ2n) is 26.7. The molecule has 3 rings (SSSR count). The fourth-order valence-corrected chi connectivity index (χ4v) is 12.4. The van der Waals surface area contributed by atoms with E-state index in [1.165, 1.54) is 102 Å². The van der Waals surface area contributed by atoms with Gasteiger partial charge in [-0.15, -0.1) is 0 Å². The lowest BCUT2D eigenvalue weighted by Crippen LogP contribution is -2.62. The molecule has 25 nitrogen and oxygen atoms in total. The molecule has 2 aliphatic rings. The fourth-order valence-electron chi connectivity index (χ4n) is 12.4. The van der Waals surface area contributed by atoms with Gasteiger partial charge in [0.1, 0.15) is 30.2 Å². The van der Waals surface area contributed by atoms with Crippen molar-refractivity contribution in [1.82, 2.24) is 36.8 Å². The number of primary amides is 1. The summed E-state index contributed by atoms with van der Waals surface area (Å²) < 4.78 is 0. The number of aliphatic carboxylic acids is 1. The van der Waals surface area contributed by atoms with Crippen molar-refractivity contribution < 1.29 is 58.5 Å². The molecule has 0 bridgehead atoms. The Morgan fingerprint density at radius 3 is 1.61 bits per heavy atom. The number of carboxylic acids is 1. The van der Waals surface area contributed by atoms with Gasteiger partial charge in [0.05, 0.1) is 50.0 Å². The molecule has 1 aromatic rings. The summed E-state index contributed by atoms with van der Waals surface area (Å²) in [5.41, 5.74) is 36.7. The fraction of sp³-hybridized carbons (Fsp3) is 0.779. The Bertz CT molecular complexity index is 2360. The van der Waals surface area contributed by atoms with Gasteiger partial charge in [0, 0.05) is 43.7 Å². The van der Waals surface area contributed by atoms with Gasteiger partial charge < -0.3 is 86.5 Å². The highest BCUT2D eigenvalue weighted by Gasteiger charge is 2.42. The zero-order valence-electron chi connectivity index (χ0n) is 56.2. The van der Waals surface area contributed by atoms with Gasteiger partial charge in [-0.3, -0.25) is 43.2 Å². The third kappa shape index (κ3) is 36.0. The van der Waals surface area contributed by atoms with E-state index in [0.717, 1.165) is 83.5 Å². The van der Waals surface area contributed by atoms with E-state index in [1.807, 2.05) is 0 Å². The van der Waals surface area contributed by atoms with E-state index in [0.29, 0.717) is 49.4 Å². The maximum Gasteiger partial charge on any atom is 0.321 e. The van der Waals surface area contributed by atoms with Crippen LogP contribution in [0.15, 0.2) is 30.3 Å². The minimum atomic E-state index is -1.72. The average molecular weight is 1310 g/mol. The number of nitrogens with zero attached hydrogens (tertiary/aromatic N) is 1. The Morgan fingerprint density at radius 1 is 0.624 bits per heavy atom. The van der Waals surface area contributed by atoms with Crippen LogP contribution in [0.25, 0.3) is 0 Å². The van der Waals surface area contributed by atoms with Crippen LogP contribution in [0.4, 0.5) is 0 Å². The van der Waals surface area contributed by atoms with Crippen molar-refractivity contribution in [3.8, 4) is 0 Å². The van der Waals surface area contributed by atoms with E-state index in [-0.39, 0.29) is 32.0 Å². The molecule has 2 heterocycles. The molecule has 0 spiro atoms. The zero-order valence-corrected chi connectivity index (χ0v) is 56.2. The third-order valence-corrected chi connectivity index (χ3v) is 18.0. The quantitative estimate of drug-likeness (QED) is 0.0414. The lowest BCUT2D eigenvalue weighted by Gasteiger charge is -2.34. The lowest BCUT2D eigenvalue weighted by atomic mass is 9.98. The standard InChI is InChI=1S/C68H121N13O12/c1-46(69)27-16-7-3-8-19-30-49(70)31-20-9-4-10-21-32-50(71)33-22-11-5-12-23-34-51(72)35-24-13-6-14-25-36-52(82)38-39-75-60(85)45-58(83)57-37-26-40-81(57)67(91)63-47(2)76-62(87)44-56(65(89)78-55(43-59(74)84)66(90)80-63)79-64(88)54(41-48-28-17-15-18-29-48)77-61(86)42-53(73)68(92)93/h15,17-18,28-29,46-47,49-58,63,82-83H,3-14,16,19-27,30-45,69-73H2,1-2H3,(H2,74,84)(H,75,85)(H,76,87)(H,77,86)(H,78,89)(H,79,88)(H,80,90)(H,92,93). The van der Waals surface area contributed by atoms with Gasteiger partial charge >= 0.3 is 5.97 Å². The SMILES string of the molecule is CC(N)CCCCCCCC(N)CCCCCCCC(N)CCCCCCCC(N)CCCCCCCC(O)CCNC(=O)CC(O)C1CCCN1C(=O)C1NC(=O)C(CC(N)=O)NC(=O)C(NC(=O)C(Cc2ccccc2)NC(=O)CC(N)C(=O)O)CC(=O)NC1C. The van der Waals surface area contributed by atoms with Gasteiger partial charge in [-0.05, 0) is 90.0 Å². The minimum Gasteiger partial charge on any atom is -0.480 e. The van der Waals surface area contributed by atoms with Crippen LogP contribution in [-0.2, 0) is 49.6 Å². The number of nitrogens with two attached hydrogens (primary N) is 6. The monoisotopic (exact) mass is 1310 g/mol. The minimum absolute atomic E-state index is 0.126. The molecule has 0 aliphatic carbocycles. The van der Waals surface area contributed by atoms with E-state index in [2.05, 4.69) is 38.8 Å². The Balaban J connectivity index is 1.31. The molecule has 0 saturated carbocycles. The van der Waals surface area contributed by atoms with Crippen LogP contribution in [0, 0.1) is 0 Å². The zero-order chi connectivity index (χ0) is 68.5. The summed E-state index contributed by atoms with van der Waals surface area (Å²) in [6.07, 6.45) is 28.4. The summed E-state index contributed by atoms with van der Waals surface area (Å²) in [4.78, 5) is 121. The Hall–Kier alpha value is -5.83. The van der Waals surface area contributed by atoms with Crippen molar-refractivity contribution >= 4 is 53.2 Å². The van der Waals surface area contributed by atoms with Crippen molar-refractivity contribution in [3.63, 3.8) is 0 Å². The van der Waals surface area contributed by atoms with Crippen LogP contribution < -0.4 is 66.3 Å². The lowest BCUT2D eigenvalue weighted by molar-refractivity contribution is -0.141. The number of aliphatic hydroxyl groups is 2. The predicted molar refractivity (Wildman–Crippen MR) is 360 cm³/mol. The summed E-state index contributed by atoms with van der Waals surface area (Å²) in [6, 6.07) is -0.402. The predicted octanol–water partition coefficient (Wildman–Crippen LogP) is 3.62. The number of carbonyl (C=O) groups excluding carboxylic acids is 8. The number of aliphatic hydroxyl groups excluding tert-OH is 2. The van der Waals surface area contributed by atoms with E-state index in [9.17, 15) is 58.5 Å². The summed E-state index contributed by atoms with van der Waals surface area (Å²) in [5.74, 6) is -8.53. The number of carboxylic acid groups (broad SMARTS) is 1. The maximum atomic E-state index is 14.4. The third-order valence-electron chi connectivity index (χ3n) is 18.0. The van der Waals surface area contributed by atoms with Crippen LogP contribution in [-0.4, -0.2) is 165 Å². The number of nitrogens with one attached hydrogen (secondary N) is 6. The Morgan fingerprint density at radius 2 is 1.12 bits per heavy atom. The van der Waals surface area contributed by atoms with E-state index < -0.39 is 127 Å². The van der Waals surface area contributed by atoms with Gasteiger partial charge in [-0.25, -0.2) is 0 Å². The summed E-state index contributed by atoms with van der Waals surface area (Å²) in [5, 5.41) is 46.4. The van der Waals surface area contributed by atoms with Gasteiger partial charge in [-0.2, -0.15) is 0 Å². The van der Waals surface area contributed by atoms with Crippen molar-refractivity contribution in [1.29, 1.82) is 0 Å². The molecule has 2 saturated heterocycles. The second-order valence-corrected chi connectivity index (χ2v) is 26.7. The van der Waals surface area contributed by atoms with Crippen LogP contribution in [0.2, 0.25) is 0 Å². The molecule has 21 N–H and O–H groups in total. The first-order valence-electron chi connectivity index (χ1n) is 35.2. The number of benzene rings is 1. The smallest absolute Gasteiger partial charge is 0.321 e. The number of hydrogen-bond acceptors (Lipinski definition) is 16. The first kappa shape index (κ1) is 81.4. The Labute approximate surface area is 553 Å². The van der Waals surface area contributed by atoms with Gasteiger partial charge in [0.25, 0.3) is 0 Å². The molecule has 25 heteroatoms. The van der Waals surface area contributed by atoms with Crippen molar-refractivity contribution in [3.05, 3.63) is 35.9 Å². The topological polar surface area (TPSA) is 446 Å². The molecule has 1 aromatic carbocycles. The van der Waals surface area contributed by atoms with Crippen molar-refractivity contribution in [2.45, 2.75) is 324 Å². The van der Waals surface area contributed by atoms with E-state index >= 15 is 0 Å². The Kier molecular flexibility index (Phi) is 41.2. The number of hydrogen-bond donors (Lipinski definition) is 15. The van der Waals surface area contributed by atoms with E-state index in [4.69, 9.17) is 34.4 Å². The molecule has 8 amide bonds. The largest absolute Gasteiger partial charge is 0.480 e. The van der Waals surface area contributed by atoms with Crippen molar-refractivity contribution in [2.24, 2.45) is 34.4 Å². The molecule has 13 atom stereocenters. The normalized spacial score (nSPS) is 20.5. The van der Waals surface area contributed by atoms with Crippen LogP contribution in [0.5, 0.6) is 0 Å². The second kappa shape index (κ2) is 47.1. The average Bonchev–Trinajstić information content (AvgIpc) is 1.81. The highest BCUT2D eigenvalue weighted by Crippen LogP contribution is 2.25. The number of likely N-dealkylation sites (tertiary alicyclic amines) is 1. The molecule has 93 heavy (non-hydrogen) atoms. The molecule has 2 fully saturated rings. The molecule has 13 unspecified atom stereocenters. The summed E-state index contributed by atoms with van der Waals surface area (Å²) >= 11 is 0. The van der Waals surface area contributed by atoms with Gasteiger partial charge in [0.15, 0.2) is 0 Å². The van der Waals surface area contributed by atoms with Crippen LogP contribution in [0.1, 0.15) is 244 Å². The molecular weight excluding hydrogens is 1190 g/mol. The molecule has 0 aromatic heterocycles. The highest BCUT2D eigenvalue weighted by atomic mass is 16.4. The summed E-state index contributed by atoms with van der Waals surface area (Å²) in [7, 11) is 0. The van der Waals surface area contributed by atoms with Crippen LogP contribution >= 0.6 is 0 Å². The number of unbranched alkanes of at least 4 members (excludes halogenated alkanes) is 16. The maximum absolute atomic E-state index is 14.4. The molecule has 0 radical (unpaired) electrons. The highest BCUT2D eigenvalue weighted by molar-refractivity contribution is 5.99. The molecule has 2 aliphatic heterocycles. The summed E-state index contributed by atoms with van der Waals surface area (Å²) in [6.45, 7) is 3.80. The van der Waals surface area contributed by atoms with Gasteiger partial charge in [0.2, 0.25) is 47.3 Å². The van der Waals surface area contributed by atoms with E-state index in [1.54, 1.807) is 30.3 Å². The molecule has 530 valence electrons. The number of amides is 8.